The van der Waals surface area contributed by atoms with Gasteiger partial charge >= 0.3 is 6.01 Å². The van der Waals surface area contributed by atoms with E-state index in [-0.39, 0.29) is 5.41 Å². The second kappa shape index (κ2) is 11.2. The standard InChI is InChI=1S/C33H42N8O/c1-4-23-8-5-9-24-10-6-12-28(29(23)24)40-17-13-26-27(19-40)36-32(42-21-33(14-15-33)20-39(2)3)37-31(26)41-16-7-11-25(18-41)30-34-22-35-38-30/h5-6,8-10,12,22,25H,4,7,11,13-21H2,1-3H3,(H,34,35,38). The van der Waals surface area contributed by atoms with Crippen molar-refractivity contribution >= 4 is 22.3 Å². The van der Waals surface area contributed by atoms with Crippen LogP contribution < -0.4 is 14.5 Å². The monoisotopic (exact) mass is 566 g/mol. The van der Waals surface area contributed by atoms with Crippen molar-refractivity contribution in [3.8, 4) is 6.01 Å². The topological polar surface area (TPSA) is 86.3 Å². The number of aromatic amines is 1. The third kappa shape index (κ3) is 5.30. The van der Waals surface area contributed by atoms with Crippen molar-refractivity contribution in [2.45, 2.75) is 57.9 Å². The van der Waals surface area contributed by atoms with Crippen molar-refractivity contribution in [1.29, 1.82) is 0 Å². The van der Waals surface area contributed by atoms with Crippen LogP contribution in [0.1, 0.15) is 61.2 Å². The lowest BCUT2D eigenvalue weighted by Gasteiger charge is -2.37. The summed E-state index contributed by atoms with van der Waals surface area (Å²) < 4.78 is 6.46. The van der Waals surface area contributed by atoms with E-state index in [0.717, 1.165) is 75.7 Å². The van der Waals surface area contributed by atoms with E-state index >= 15 is 0 Å². The zero-order valence-electron chi connectivity index (χ0n) is 25.1. The second-order valence-corrected chi connectivity index (χ2v) is 12.8. The van der Waals surface area contributed by atoms with E-state index in [1.807, 2.05) is 0 Å². The summed E-state index contributed by atoms with van der Waals surface area (Å²) in [5.41, 5.74) is 5.26. The summed E-state index contributed by atoms with van der Waals surface area (Å²) in [6.45, 7) is 7.47. The van der Waals surface area contributed by atoms with E-state index in [9.17, 15) is 0 Å². The molecule has 2 aromatic carbocycles. The van der Waals surface area contributed by atoms with Gasteiger partial charge in [-0.05, 0) is 69.6 Å². The first kappa shape index (κ1) is 27.1. The molecule has 7 rings (SSSR count). The lowest BCUT2D eigenvalue weighted by molar-refractivity contribution is 0.182. The predicted molar refractivity (Wildman–Crippen MR) is 166 cm³/mol. The van der Waals surface area contributed by atoms with E-state index in [0.29, 0.717) is 18.5 Å². The molecule has 0 bridgehead atoms. The molecule has 4 heterocycles. The zero-order valence-corrected chi connectivity index (χ0v) is 25.1. The number of aryl methyl sites for hydroxylation is 1. The predicted octanol–water partition coefficient (Wildman–Crippen LogP) is 4.98. The van der Waals surface area contributed by atoms with Crippen LogP contribution in [-0.4, -0.2) is 76.9 Å². The van der Waals surface area contributed by atoms with E-state index in [1.54, 1.807) is 6.33 Å². The largest absolute Gasteiger partial charge is 0.463 e. The molecule has 2 fully saturated rings. The molecule has 1 aliphatic carbocycles. The van der Waals surface area contributed by atoms with Crippen molar-refractivity contribution in [2.75, 3.05) is 56.7 Å². The number of piperidine rings is 1. The lowest BCUT2D eigenvalue weighted by atomic mass is 9.95. The van der Waals surface area contributed by atoms with Crippen LogP contribution in [0, 0.1) is 5.41 Å². The van der Waals surface area contributed by atoms with Crippen molar-refractivity contribution in [2.24, 2.45) is 5.41 Å². The highest BCUT2D eigenvalue weighted by Crippen LogP contribution is 2.46. The molecule has 1 atom stereocenters. The molecule has 42 heavy (non-hydrogen) atoms. The normalized spacial score (nSPS) is 19.8. The van der Waals surface area contributed by atoms with Crippen molar-refractivity contribution in [1.82, 2.24) is 30.0 Å². The Hall–Kier alpha value is -3.72. The molecule has 9 nitrogen and oxygen atoms in total. The van der Waals surface area contributed by atoms with Crippen LogP contribution in [0.25, 0.3) is 10.8 Å². The van der Waals surface area contributed by atoms with Gasteiger partial charge < -0.3 is 19.4 Å². The SMILES string of the molecule is CCc1cccc2cccc(N3CCc4c(nc(OCC5(CN(C)C)CC5)nc4N4CCCC(c5ncn[nH]5)C4)C3)c12. The highest BCUT2D eigenvalue weighted by Gasteiger charge is 2.44. The number of ether oxygens (including phenoxy) is 1. The average molecular weight is 567 g/mol. The summed E-state index contributed by atoms with van der Waals surface area (Å²) in [7, 11) is 4.28. The smallest absolute Gasteiger partial charge is 0.318 e. The molecule has 1 saturated carbocycles. The number of H-pyrrole nitrogens is 1. The van der Waals surface area contributed by atoms with Gasteiger partial charge in [-0.3, -0.25) is 5.10 Å². The summed E-state index contributed by atoms with van der Waals surface area (Å²) in [5.74, 6) is 2.32. The van der Waals surface area contributed by atoms with Crippen LogP contribution in [0.15, 0.2) is 42.7 Å². The van der Waals surface area contributed by atoms with Crippen LogP contribution in [0.2, 0.25) is 0 Å². The van der Waals surface area contributed by atoms with Crippen molar-refractivity contribution in [3.63, 3.8) is 0 Å². The summed E-state index contributed by atoms with van der Waals surface area (Å²) in [6.07, 6.45) is 8.12. The van der Waals surface area contributed by atoms with Gasteiger partial charge in [-0.2, -0.15) is 15.1 Å². The summed E-state index contributed by atoms with van der Waals surface area (Å²) in [6, 6.07) is 13.9. The lowest BCUT2D eigenvalue weighted by Crippen LogP contribution is -2.38. The number of nitrogens with zero attached hydrogens (tertiary/aromatic N) is 7. The first-order valence-electron chi connectivity index (χ1n) is 15.5. The molecular weight excluding hydrogens is 524 g/mol. The van der Waals surface area contributed by atoms with Crippen LogP contribution in [0.4, 0.5) is 11.5 Å². The fourth-order valence-electron chi connectivity index (χ4n) is 7.09. The van der Waals surface area contributed by atoms with Crippen LogP contribution in [-0.2, 0) is 19.4 Å². The average Bonchev–Trinajstić information content (AvgIpc) is 3.54. The quantitative estimate of drug-likeness (QED) is 0.304. The Morgan fingerprint density at radius 3 is 2.69 bits per heavy atom. The highest BCUT2D eigenvalue weighted by atomic mass is 16.5. The molecule has 1 unspecified atom stereocenters. The molecule has 220 valence electrons. The van der Waals surface area contributed by atoms with E-state index in [2.05, 4.69) is 87.3 Å². The summed E-state index contributed by atoms with van der Waals surface area (Å²) in [5, 5.41) is 9.88. The van der Waals surface area contributed by atoms with Gasteiger partial charge in [0.15, 0.2) is 0 Å². The number of hydrogen-bond donors (Lipinski definition) is 1. The Morgan fingerprint density at radius 2 is 1.93 bits per heavy atom. The van der Waals surface area contributed by atoms with Gasteiger partial charge in [0.1, 0.15) is 18.0 Å². The number of anilines is 2. The van der Waals surface area contributed by atoms with Gasteiger partial charge in [-0.15, -0.1) is 0 Å². The minimum Gasteiger partial charge on any atom is -0.463 e. The van der Waals surface area contributed by atoms with E-state index < -0.39 is 0 Å². The maximum Gasteiger partial charge on any atom is 0.318 e. The van der Waals surface area contributed by atoms with Gasteiger partial charge in [0.2, 0.25) is 0 Å². The minimum absolute atomic E-state index is 0.219. The number of hydrogen-bond acceptors (Lipinski definition) is 8. The molecule has 0 radical (unpaired) electrons. The second-order valence-electron chi connectivity index (χ2n) is 12.8. The zero-order chi connectivity index (χ0) is 28.7. The highest BCUT2D eigenvalue weighted by molar-refractivity contribution is 5.97. The summed E-state index contributed by atoms with van der Waals surface area (Å²) >= 11 is 0. The first-order valence-corrected chi connectivity index (χ1v) is 15.5. The summed E-state index contributed by atoms with van der Waals surface area (Å²) in [4.78, 5) is 21.9. The van der Waals surface area contributed by atoms with Gasteiger partial charge in [-0.1, -0.05) is 37.3 Å². The third-order valence-corrected chi connectivity index (χ3v) is 9.37. The molecule has 3 aliphatic rings. The van der Waals surface area contributed by atoms with Gasteiger partial charge in [0, 0.05) is 54.1 Å². The van der Waals surface area contributed by atoms with Crippen LogP contribution >= 0.6 is 0 Å². The van der Waals surface area contributed by atoms with Gasteiger partial charge in [-0.25, -0.2) is 4.98 Å². The Balaban J connectivity index is 1.23. The molecule has 9 heteroatoms. The fraction of sp³-hybridized carbons (Fsp3) is 0.515. The molecule has 0 spiro atoms. The van der Waals surface area contributed by atoms with E-state index in [1.165, 1.54) is 40.4 Å². The Labute approximate surface area is 248 Å². The number of benzene rings is 2. The molecule has 2 aliphatic heterocycles. The fourth-order valence-corrected chi connectivity index (χ4v) is 7.09. The first-order chi connectivity index (χ1) is 20.5. The van der Waals surface area contributed by atoms with Gasteiger partial charge in [0.25, 0.3) is 0 Å². The van der Waals surface area contributed by atoms with Crippen LogP contribution in [0.5, 0.6) is 6.01 Å². The number of rotatable bonds is 9. The maximum absolute atomic E-state index is 6.46. The van der Waals surface area contributed by atoms with Crippen LogP contribution in [0.3, 0.4) is 0 Å². The molecular formula is C33H42N8O. The molecule has 0 amide bonds. The van der Waals surface area contributed by atoms with Crippen molar-refractivity contribution in [3.05, 3.63) is 65.4 Å². The Kier molecular flexibility index (Phi) is 7.22. The number of aromatic nitrogens is 5. The molecule has 1 N–H and O–H groups in total. The third-order valence-electron chi connectivity index (χ3n) is 9.37. The molecule has 2 aromatic heterocycles. The van der Waals surface area contributed by atoms with Gasteiger partial charge in [0.05, 0.1) is 18.8 Å². The maximum atomic E-state index is 6.46. The minimum atomic E-state index is 0.219. The van der Waals surface area contributed by atoms with Crippen molar-refractivity contribution < 1.29 is 4.74 Å². The Morgan fingerprint density at radius 1 is 1.07 bits per heavy atom. The molecule has 1 saturated heterocycles. The molecule has 4 aromatic rings. The Bertz CT molecular complexity index is 1540. The van der Waals surface area contributed by atoms with E-state index in [4.69, 9.17) is 14.7 Å². The number of nitrogens with one attached hydrogen (secondary N) is 1. The number of fused-ring (bicyclic) bond motifs is 2.